The molecule has 14 heavy (non-hydrogen) atoms. The van der Waals surface area contributed by atoms with Crippen molar-refractivity contribution in [3.05, 3.63) is 21.5 Å². The lowest BCUT2D eigenvalue weighted by atomic mass is 10.4. The average Bonchev–Trinajstić information content (AvgIpc) is 1.96. The Morgan fingerprint density at radius 2 is 1.86 bits per heavy atom. The number of hydrogen-bond donors (Lipinski definition) is 0. The molecule has 0 aliphatic carbocycles. The Morgan fingerprint density at radius 1 is 1.29 bits per heavy atom. The van der Waals surface area contributed by atoms with Gasteiger partial charge in [-0.3, -0.25) is 0 Å². The Kier molecular flexibility index (Phi) is 3.12. The Labute approximate surface area is 88.2 Å². The van der Waals surface area contributed by atoms with Gasteiger partial charge in [-0.1, -0.05) is 0 Å². The third-order valence-electron chi connectivity index (χ3n) is 1.08. The first-order chi connectivity index (χ1) is 6.29. The van der Waals surface area contributed by atoms with Crippen molar-refractivity contribution in [2.45, 2.75) is 6.36 Å². The van der Waals surface area contributed by atoms with E-state index in [0.29, 0.717) is 6.07 Å². The summed E-state index contributed by atoms with van der Waals surface area (Å²) in [5.41, 5.74) is 0. The summed E-state index contributed by atoms with van der Waals surface area (Å²) in [6.07, 6.45) is -4.99. The van der Waals surface area contributed by atoms with Crippen molar-refractivity contribution in [2.75, 3.05) is 0 Å². The van der Waals surface area contributed by atoms with Crippen LogP contribution in [-0.2, 0) is 0 Å². The largest absolute Gasteiger partial charge is 0.573 e. The van der Waals surface area contributed by atoms with Gasteiger partial charge in [0.1, 0.15) is 3.57 Å². The normalized spacial score (nSPS) is 11.6. The summed E-state index contributed by atoms with van der Waals surface area (Å²) in [5, 5.41) is 0. The smallest absolute Gasteiger partial charge is 0.404 e. The quantitative estimate of drug-likeness (QED) is 0.450. The maximum atomic E-state index is 12.6. The summed E-state index contributed by atoms with van der Waals surface area (Å²) in [4.78, 5) is 2.68. The van der Waals surface area contributed by atoms with Crippen molar-refractivity contribution in [3.63, 3.8) is 0 Å². The first-order valence-corrected chi connectivity index (χ1v) is 4.15. The van der Waals surface area contributed by atoms with Crippen molar-refractivity contribution >= 4 is 22.6 Å². The van der Waals surface area contributed by atoms with E-state index in [1.165, 1.54) is 22.6 Å². The fourth-order valence-corrected chi connectivity index (χ4v) is 1.03. The molecule has 8 heteroatoms. The van der Waals surface area contributed by atoms with Gasteiger partial charge >= 0.3 is 6.36 Å². The Balaban J connectivity index is 3.09. The van der Waals surface area contributed by atoms with Crippen molar-refractivity contribution in [3.8, 4) is 5.75 Å². The van der Waals surface area contributed by atoms with E-state index in [-0.39, 0.29) is 0 Å². The van der Waals surface area contributed by atoms with Gasteiger partial charge in [0.25, 0.3) is 0 Å². The van der Waals surface area contributed by atoms with Gasteiger partial charge in [-0.25, -0.2) is 0 Å². The molecule has 78 valence electrons. The summed E-state index contributed by atoms with van der Waals surface area (Å²) in [7, 11) is 0. The minimum absolute atomic E-state index is 0.359. The predicted molar refractivity (Wildman–Crippen MR) is 43.6 cm³/mol. The van der Waals surface area contributed by atoms with Crippen LogP contribution in [0.4, 0.5) is 22.0 Å². The number of nitrogens with zero attached hydrogens (tertiary/aromatic N) is 1. The Morgan fingerprint density at radius 3 is 2.36 bits per heavy atom. The lowest BCUT2D eigenvalue weighted by Gasteiger charge is -2.10. The van der Waals surface area contributed by atoms with E-state index in [9.17, 15) is 22.0 Å². The summed E-state index contributed by atoms with van der Waals surface area (Å²) in [6, 6.07) is 0.359. The number of rotatable bonds is 1. The molecule has 0 radical (unpaired) electrons. The first-order valence-electron chi connectivity index (χ1n) is 3.07. The molecular weight excluding hydrogens is 324 g/mol. The molecule has 0 aliphatic rings. The maximum absolute atomic E-state index is 12.6. The van der Waals surface area contributed by atoms with E-state index in [1.54, 1.807) is 0 Å². The highest BCUT2D eigenvalue weighted by Crippen LogP contribution is 2.28. The van der Waals surface area contributed by atoms with Crippen LogP contribution in [0, 0.1) is 15.5 Å². The van der Waals surface area contributed by atoms with Gasteiger partial charge in [-0.15, -0.1) is 13.2 Å². The molecule has 1 aromatic heterocycles. The Hall–Kier alpha value is -0.670. The third kappa shape index (κ3) is 2.93. The minimum atomic E-state index is -4.99. The zero-order chi connectivity index (χ0) is 10.9. The molecule has 0 spiro atoms. The van der Waals surface area contributed by atoms with Gasteiger partial charge in [0.2, 0.25) is 11.9 Å². The van der Waals surface area contributed by atoms with Crippen LogP contribution in [0.2, 0.25) is 0 Å². The molecule has 0 aliphatic heterocycles. The first kappa shape index (κ1) is 11.4. The molecule has 2 nitrogen and oxygen atoms in total. The van der Waals surface area contributed by atoms with Crippen LogP contribution < -0.4 is 4.74 Å². The van der Waals surface area contributed by atoms with E-state index in [0.717, 1.165) is 0 Å². The van der Waals surface area contributed by atoms with E-state index in [1.807, 2.05) is 0 Å². The Bertz CT molecular complexity index is 353. The zero-order valence-corrected chi connectivity index (χ0v) is 8.36. The second kappa shape index (κ2) is 3.83. The maximum Gasteiger partial charge on any atom is 0.573 e. The molecule has 0 fully saturated rings. The number of ether oxygens (including phenoxy) is 1. The highest BCUT2D eigenvalue weighted by atomic mass is 127. The minimum Gasteiger partial charge on any atom is -0.404 e. The molecule has 0 saturated carbocycles. The van der Waals surface area contributed by atoms with Crippen LogP contribution in [0.5, 0.6) is 5.75 Å². The van der Waals surface area contributed by atoms with Crippen LogP contribution in [0.1, 0.15) is 0 Å². The van der Waals surface area contributed by atoms with Crippen molar-refractivity contribution in [1.29, 1.82) is 0 Å². The van der Waals surface area contributed by atoms with Crippen molar-refractivity contribution < 1.29 is 26.7 Å². The van der Waals surface area contributed by atoms with Gasteiger partial charge in [0.05, 0.1) is 0 Å². The summed E-state index contributed by atoms with van der Waals surface area (Å²) in [5.74, 6) is -3.66. The third-order valence-corrected chi connectivity index (χ3v) is 2.05. The molecular formula is C6HF5INO. The lowest BCUT2D eigenvalue weighted by Crippen LogP contribution is -2.18. The zero-order valence-electron chi connectivity index (χ0n) is 6.20. The SMILES string of the molecule is Fc1cc(OC(F)(F)F)c(I)c(F)n1. The van der Waals surface area contributed by atoms with Crippen LogP contribution in [0.25, 0.3) is 0 Å². The average molecular weight is 325 g/mol. The molecule has 1 rings (SSSR count). The summed E-state index contributed by atoms with van der Waals surface area (Å²) < 4.78 is 62.9. The number of pyridine rings is 1. The number of alkyl halides is 3. The molecule has 0 saturated heterocycles. The van der Waals surface area contributed by atoms with Crippen LogP contribution in [-0.4, -0.2) is 11.3 Å². The monoisotopic (exact) mass is 325 g/mol. The van der Waals surface area contributed by atoms with Crippen molar-refractivity contribution in [1.82, 2.24) is 4.98 Å². The molecule has 1 aromatic rings. The van der Waals surface area contributed by atoms with E-state index < -0.39 is 27.6 Å². The van der Waals surface area contributed by atoms with Gasteiger partial charge in [0, 0.05) is 6.07 Å². The van der Waals surface area contributed by atoms with Crippen LogP contribution in [0.3, 0.4) is 0 Å². The second-order valence-corrected chi connectivity index (χ2v) is 3.17. The lowest BCUT2D eigenvalue weighted by molar-refractivity contribution is -0.275. The molecule has 0 unspecified atom stereocenters. The summed E-state index contributed by atoms with van der Waals surface area (Å²) >= 11 is 1.23. The number of aromatic nitrogens is 1. The second-order valence-electron chi connectivity index (χ2n) is 2.10. The molecule has 0 amide bonds. The standard InChI is InChI=1S/C6HF5INO/c7-3-1-2(14-6(9,10)11)4(12)5(8)13-3/h1H. The van der Waals surface area contributed by atoms with E-state index >= 15 is 0 Å². The van der Waals surface area contributed by atoms with Gasteiger partial charge in [-0.05, 0) is 22.6 Å². The molecule has 0 bridgehead atoms. The topological polar surface area (TPSA) is 22.1 Å². The van der Waals surface area contributed by atoms with E-state index in [4.69, 9.17) is 0 Å². The molecule has 0 atom stereocenters. The van der Waals surface area contributed by atoms with E-state index in [2.05, 4.69) is 9.72 Å². The molecule has 0 N–H and O–H groups in total. The van der Waals surface area contributed by atoms with Gasteiger partial charge < -0.3 is 4.74 Å². The predicted octanol–water partition coefficient (Wildman–Crippen LogP) is 2.86. The fourth-order valence-electron chi connectivity index (χ4n) is 0.647. The highest BCUT2D eigenvalue weighted by Gasteiger charge is 2.33. The highest BCUT2D eigenvalue weighted by molar-refractivity contribution is 14.1. The fraction of sp³-hybridized carbons (Fsp3) is 0.167. The van der Waals surface area contributed by atoms with Gasteiger partial charge in [-0.2, -0.15) is 13.8 Å². The number of hydrogen-bond acceptors (Lipinski definition) is 2. The van der Waals surface area contributed by atoms with Gasteiger partial charge in [0.15, 0.2) is 5.75 Å². The molecule has 1 heterocycles. The van der Waals surface area contributed by atoms with Crippen LogP contribution in [0.15, 0.2) is 6.07 Å². The van der Waals surface area contributed by atoms with Crippen molar-refractivity contribution in [2.24, 2.45) is 0 Å². The summed E-state index contributed by atoms with van der Waals surface area (Å²) in [6.45, 7) is 0. The molecule has 0 aromatic carbocycles. The number of halogens is 6. The van der Waals surface area contributed by atoms with Crippen LogP contribution >= 0.6 is 22.6 Å².